The molecule has 0 radical (unpaired) electrons. The van der Waals surface area contributed by atoms with E-state index in [1.54, 1.807) is 6.92 Å². The molecule has 2 fully saturated rings. The number of ether oxygens (including phenoxy) is 5. The minimum atomic E-state index is -5.17. The number of amides is 1. The molecule has 0 aromatic heterocycles. The summed E-state index contributed by atoms with van der Waals surface area (Å²) < 4.78 is 99.4. The molecule has 0 bridgehead atoms. The fraction of sp³-hybridized carbons (Fsp3) is 0.941. The van der Waals surface area contributed by atoms with E-state index in [0.717, 1.165) is 6.92 Å². The van der Waals surface area contributed by atoms with Crippen LogP contribution >= 0.6 is 0 Å². The van der Waals surface area contributed by atoms with E-state index in [0.29, 0.717) is 0 Å². The second-order valence-corrected chi connectivity index (χ2v) is 10.1. The van der Waals surface area contributed by atoms with Crippen LogP contribution in [0.5, 0.6) is 0 Å². The van der Waals surface area contributed by atoms with Crippen LogP contribution in [0.4, 0.5) is 0 Å². The lowest BCUT2D eigenvalue weighted by molar-refractivity contribution is -0.342. The van der Waals surface area contributed by atoms with Crippen LogP contribution in [0.1, 0.15) is 20.3 Å². The van der Waals surface area contributed by atoms with Crippen molar-refractivity contribution in [3.05, 3.63) is 0 Å². The average molecular weight is 570 g/mol. The van der Waals surface area contributed by atoms with E-state index in [2.05, 4.69) is 13.7 Å². The summed E-state index contributed by atoms with van der Waals surface area (Å²) in [7, 11) is -7.75. The van der Waals surface area contributed by atoms with Crippen molar-refractivity contribution in [1.82, 2.24) is 5.32 Å². The molecular formula is C17H31NO16S2. The van der Waals surface area contributed by atoms with Crippen molar-refractivity contribution in [3.8, 4) is 0 Å². The van der Waals surface area contributed by atoms with Gasteiger partial charge in [-0.2, -0.15) is 16.8 Å². The van der Waals surface area contributed by atoms with Gasteiger partial charge in [0.15, 0.2) is 18.7 Å². The number of rotatable bonds is 11. The summed E-state index contributed by atoms with van der Waals surface area (Å²) in [4.78, 5) is 11.7. The minimum absolute atomic E-state index is 0.229. The molecule has 19 heteroatoms. The summed E-state index contributed by atoms with van der Waals surface area (Å²) in [6.07, 6.45) is -13.5. The van der Waals surface area contributed by atoms with Gasteiger partial charge in [0.2, 0.25) is 5.91 Å². The van der Waals surface area contributed by atoms with E-state index < -0.39 is 94.7 Å². The Morgan fingerprint density at radius 2 is 1.50 bits per heavy atom. The summed E-state index contributed by atoms with van der Waals surface area (Å²) in [6, 6.07) is -1.29. The highest BCUT2D eigenvalue weighted by Crippen LogP contribution is 2.33. The fourth-order valence-corrected chi connectivity index (χ4v) is 4.78. The van der Waals surface area contributed by atoms with Gasteiger partial charge in [-0.3, -0.25) is 13.9 Å². The molecule has 212 valence electrons. The van der Waals surface area contributed by atoms with Crippen molar-refractivity contribution in [2.24, 2.45) is 0 Å². The summed E-state index contributed by atoms with van der Waals surface area (Å²) in [6.45, 7) is 1.86. The lowest BCUT2D eigenvalue weighted by Gasteiger charge is -2.48. The number of nitrogens with one attached hydrogen (secondary N) is 1. The molecule has 4 unspecified atom stereocenters. The largest absolute Gasteiger partial charge is 0.397 e. The van der Waals surface area contributed by atoms with E-state index in [9.17, 15) is 36.4 Å². The summed E-state index contributed by atoms with van der Waals surface area (Å²) in [5, 5.41) is 24.1. The number of carbonyl (C=O) groups excluding carboxylic acids is 1. The zero-order valence-corrected chi connectivity index (χ0v) is 21.3. The van der Waals surface area contributed by atoms with Crippen LogP contribution in [0, 0.1) is 0 Å². The number of methoxy groups -OCH3 is 2. The second-order valence-electron chi connectivity index (χ2n) is 7.94. The molecule has 2 heterocycles. The standard InChI is InChI=1S/C17H31NO16S2/c1-5-8-13(28-3)12(21)15(34-36(25,26)27)17(31-8)33-14-9(6-30-35(22,23)24)32-16(29-4)10(11(14)20)18-7(2)19/h8-17,20-21H,5-6H2,1-4H3,(H,18,19)(H,22,23,24)(H,25,26,27)/t8?,9?,10?,11-,12+,13-,14-,15?,16+,17-/m0/s1. The van der Waals surface area contributed by atoms with E-state index >= 15 is 0 Å². The molecule has 2 aliphatic rings. The van der Waals surface area contributed by atoms with E-state index in [-0.39, 0.29) is 6.42 Å². The highest BCUT2D eigenvalue weighted by atomic mass is 32.3. The smallest absolute Gasteiger partial charge is 0.388 e. The van der Waals surface area contributed by atoms with Gasteiger partial charge >= 0.3 is 20.8 Å². The fourth-order valence-electron chi connectivity index (χ4n) is 3.99. The monoisotopic (exact) mass is 569 g/mol. The van der Waals surface area contributed by atoms with Gasteiger partial charge in [-0.25, -0.2) is 8.37 Å². The first-order valence-electron chi connectivity index (χ1n) is 10.5. The summed E-state index contributed by atoms with van der Waals surface area (Å²) in [5.41, 5.74) is 0. The maximum Gasteiger partial charge on any atom is 0.397 e. The van der Waals surface area contributed by atoms with Gasteiger partial charge in [0.05, 0.1) is 12.7 Å². The third-order valence-corrected chi connectivity index (χ3v) is 6.37. The minimum Gasteiger partial charge on any atom is -0.388 e. The molecule has 2 rings (SSSR count). The van der Waals surface area contributed by atoms with Gasteiger partial charge in [0.25, 0.3) is 0 Å². The Morgan fingerprint density at radius 1 is 0.889 bits per heavy atom. The maximum absolute atomic E-state index is 11.7. The third kappa shape index (κ3) is 8.21. The molecule has 0 spiro atoms. The number of hydrogen-bond donors (Lipinski definition) is 5. The van der Waals surface area contributed by atoms with Crippen molar-refractivity contribution >= 4 is 26.7 Å². The molecule has 36 heavy (non-hydrogen) atoms. The van der Waals surface area contributed by atoms with Crippen molar-refractivity contribution in [3.63, 3.8) is 0 Å². The van der Waals surface area contributed by atoms with Gasteiger partial charge in [-0.05, 0) is 6.42 Å². The van der Waals surface area contributed by atoms with Crippen molar-refractivity contribution < 1.29 is 73.0 Å². The van der Waals surface area contributed by atoms with Crippen LogP contribution in [0.25, 0.3) is 0 Å². The van der Waals surface area contributed by atoms with Crippen LogP contribution in [0.2, 0.25) is 0 Å². The average Bonchev–Trinajstić information content (AvgIpc) is 2.76. The first kappa shape index (κ1) is 31.1. The summed E-state index contributed by atoms with van der Waals surface area (Å²) >= 11 is 0. The molecule has 2 saturated heterocycles. The maximum atomic E-state index is 11.7. The van der Waals surface area contributed by atoms with Crippen molar-refractivity contribution in [2.75, 3.05) is 20.8 Å². The van der Waals surface area contributed by atoms with Crippen LogP contribution < -0.4 is 5.32 Å². The van der Waals surface area contributed by atoms with E-state index in [4.69, 9.17) is 28.2 Å². The van der Waals surface area contributed by atoms with E-state index in [1.807, 2.05) is 0 Å². The van der Waals surface area contributed by atoms with Crippen LogP contribution in [0.3, 0.4) is 0 Å². The molecule has 0 saturated carbocycles. The number of hydrogen-bond acceptors (Lipinski definition) is 14. The molecule has 2 aliphatic heterocycles. The number of aliphatic hydroxyl groups is 2. The highest BCUT2D eigenvalue weighted by Gasteiger charge is 2.53. The molecule has 0 aliphatic carbocycles. The Morgan fingerprint density at radius 3 is 1.97 bits per heavy atom. The number of carbonyl (C=O) groups is 1. The SMILES string of the molecule is CCC1O[C@@H](O[C@H]2C(COS(=O)(=O)O)O[C@@H](OC)C(NC(C)=O)[C@@H]2O)C(OS(=O)(=O)O)[C@H](O)[C@H]1OC. The normalized spacial score (nSPS) is 38.0. The quantitative estimate of drug-likeness (QED) is 0.157. The first-order chi connectivity index (χ1) is 16.6. The van der Waals surface area contributed by atoms with Crippen LogP contribution in [0.15, 0.2) is 0 Å². The lowest BCUT2D eigenvalue weighted by atomic mass is 9.95. The summed E-state index contributed by atoms with van der Waals surface area (Å²) in [5.74, 6) is -0.609. The predicted molar refractivity (Wildman–Crippen MR) is 114 cm³/mol. The van der Waals surface area contributed by atoms with E-state index in [1.165, 1.54) is 14.2 Å². The zero-order valence-electron chi connectivity index (χ0n) is 19.7. The Bertz CT molecular complexity index is 944. The van der Waals surface area contributed by atoms with Gasteiger partial charge in [0.1, 0.15) is 36.6 Å². The van der Waals surface area contributed by atoms with Crippen LogP contribution in [-0.2, 0) is 57.6 Å². The Labute approximate surface area is 207 Å². The lowest BCUT2D eigenvalue weighted by Crippen LogP contribution is -2.67. The van der Waals surface area contributed by atoms with Gasteiger partial charge in [-0.1, -0.05) is 6.92 Å². The number of aliphatic hydroxyl groups excluding tert-OH is 2. The topological polar surface area (TPSA) is 243 Å². The molecular weight excluding hydrogens is 538 g/mol. The first-order valence-corrected chi connectivity index (χ1v) is 13.3. The Hall–Kier alpha value is -1.07. The highest BCUT2D eigenvalue weighted by molar-refractivity contribution is 7.81. The van der Waals surface area contributed by atoms with Crippen LogP contribution in [-0.4, -0.2) is 124 Å². The van der Waals surface area contributed by atoms with Crippen molar-refractivity contribution in [1.29, 1.82) is 0 Å². The molecule has 0 aromatic rings. The van der Waals surface area contributed by atoms with Crippen molar-refractivity contribution in [2.45, 2.75) is 81.6 Å². The molecule has 17 nitrogen and oxygen atoms in total. The molecule has 1 amide bonds. The Kier molecular flexibility index (Phi) is 10.9. The van der Waals surface area contributed by atoms with Gasteiger partial charge in [0, 0.05) is 21.1 Å². The second kappa shape index (κ2) is 12.7. The molecule has 0 aromatic carbocycles. The zero-order chi connectivity index (χ0) is 27.4. The third-order valence-electron chi connectivity index (χ3n) is 5.47. The molecule has 5 N–H and O–H groups in total. The molecule has 10 atom stereocenters. The predicted octanol–water partition coefficient (Wildman–Crippen LogP) is -2.87. The Balaban J connectivity index is 2.44. The van der Waals surface area contributed by atoms with Gasteiger partial charge < -0.3 is 39.2 Å². The van der Waals surface area contributed by atoms with Gasteiger partial charge in [-0.15, -0.1) is 0 Å².